The Balaban J connectivity index is 0.00000144. The molecule has 1 aromatic carbocycles. The number of rotatable bonds is 4. The Bertz CT molecular complexity index is 346. The van der Waals surface area contributed by atoms with Crippen LogP contribution in [0.5, 0.6) is 5.75 Å². The van der Waals surface area contributed by atoms with E-state index >= 15 is 0 Å². The first-order valence-corrected chi connectivity index (χ1v) is 5.97. The molecule has 96 valence electrons. The monoisotopic (exact) mass is 256 g/mol. The van der Waals surface area contributed by atoms with Crippen LogP contribution in [0.1, 0.15) is 18.9 Å². The van der Waals surface area contributed by atoms with Gasteiger partial charge in [0.15, 0.2) is 0 Å². The average molecular weight is 257 g/mol. The van der Waals surface area contributed by atoms with E-state index in [1.807, 2.05) is 13.0 Å². The second kappa shape index (κ2) is 6.84. The number of halogens is 1. The summed E-state index contributed by atoms with van der Waals surface area (Å²) in [7, 11) is 0. The van der Waals surface area contributed by atoms with Gasteiger partial charge in [0, 0.05) is 25.7 Å². The van der Waals surface area contributed by atoms with Crippen LogP contribution in [0.3, 0.4) is 0 Å². The lowest BCUT2D eigenvalue weighted by molar-refractivity contribution is 0.322. The van der Waals surface area contributed by atoms with Crippen LogP contribution < -0.4 is 10.5 Å². The van der Waals surface area contributed by atoms with Gasteiger partial charge in [0.2, 0.25) is 0 Å². The van der Waals surface area contributed by atoms with E-state index in [0.29, 0.717) is 6.04 Å². The summed E-state index contributed by atoms with van der Waals surface area (Å²) in [5.41, 5.74) is 7.20. The molecule has 17 heavy (non-hydrogen) atoms. The predicted octanol–water partition coefficient (Wildman–Crippen LogP) is 2.04. The lowest BCUT2D eigenvalue weighted by Crippen LogP contribution is -2.26. The summed E-state index contributed by atoms with van der Waals surface area (Å²) in [6.07, 6.45) is 1.12. The number of nitrogens with zero attached hydrogens (tertiary/aromatic N) is 1. The zero-order valence-corrected chi connectivity index (χ0v) is 11.1. The SMILES string of the molecule is CCOc1cccc(CN2CCC(N)C2)c1.Cl. The molecule has 3 nitrogen and oxygen atoms in total. The number of likely N-dealkylation sites (tertiary alicyclic amines) is 1. The fourth-order valence-electron chi connectivity index (χ4n) is 2.16. The van der Waals surface area contributed by atoms with Crippen LogP contribution in [-0.2, 0) is 6.54 Å². The van der Waals surface area contributed by atoms with Gasteiger partial charge in [-0.3, -0.25) is 4.90 Å². The third-order valence-electron chi connectivity index (χ3n) is 2.92. The second-order valence-electron chi connectivity index (χ2n) is 4.36. The Labute approximate surface area is 109 Å². The topological polar surface area (TPSA) is 38.5 Å². The molecule has 0 bridgehead atoms. The molecular weight excluding hydrogens is 236 g/mol. The van der Waals surface area contributed by atoms with Gasteiger partial charge in [0.1, 0.15) is 5.75 Å². The van der Waals surface area contributed by atoms with E-state index in [2.05, 4.69) is 23.1 Å². The molecule has 4 heteroatoms. The Morgan fingerprint density at radius 2 is 2.29 bits per heavy atom. The van der Waals surface area contributed by atoms with Crippen LogP contribution in [0.25, 0.3) is 0 Å². The number of hydrogen-bond donors (Lipinski definition) is 1. The molecule has 0 saturated carbocycles. The second-order valence-corrected chi connectivity index (χ2v) is 4.36. The molecular formula is C13H21ClN2O. The van der Waals surface area contributed by atoms with Gasteiger partial charge in [0.25, 0.3) is 0 Å². The van der Waals surface area contributed by atoms with Gasteiger partial charge in [-0.1, -0.05) is 12.1 Å². The van der Waals surface area contributed by atoms with Crippen molar-refractivity contribution in [3.63, 3.8) is 0 Å². The highest BCUT2D eigenvalue weighted by atomic mass is 35.5. The van der Waals surface area contributed by atoms with Crippen molar-refractivity contribution < 1.29 is 4.74 Å². The molecule has 1 saturated heterocycles. The van der Waals surface area contributed by atoms with E-state index in [4.69, 9.17) is 10.5 Å². The van der Waals surface area contributed by atoms with Crippen LogP contribution >= 0.6 is 12.4 Å². The number of ether oxygens (including phenoxy) is 1. The molecule has 0 aliphatic carbocycles. The maximum atomic E-state index is 5.89. The van der Waals surface area contributed by atoms with Gasteiger partial charge in [0.05, 0.1) is 6.61 Å². The summed E-state index contributed by atoms with van der Waals surface area (Å²) in [4.78, 5) is 2.40. The lowest BCUT2D eigenvalue weighted by Gasteiger charge is -2.15. The molecule has 0 amide bonds. The highest BCUT2D eigenvalue weighted by molar-refractivity contribution is 5.85. The van der Waals surface area contributed by atoms with Gasteiger partial charge in [-0.15, -0.1) is 12.4 Å². The molecule has 1 heterocycles. The molecule has 0 aromatic heterocycles. The Kier molecular flexibility index (Phi) is 5.75. The molecule has 1 aliphatic heterocycles. The van der Waals surface area contributed by atoms with Crippen molar-refractivity contribution in [1.29, 1.82) is 0 Å². The maximum absolute atomic E-state index is 5.89. The third kappa shape index (κ3) is 4.19. The quantitative estimate of drug-likeness (QED) is 0.896. The first-order chi connectivity index (χ1) is 7.78. The maximum Gasteiger partial charge on any atom is 0.119 e. The van der Waals surface area contributed by atoms with Crippen LogP contribution in [-0.4, -0.2) is 30.6 Å². The average Bonchev–Trinajstić information content (AvgIpc) is 2.65. The highest BCUT2D eigenvalue weighted by Crippen LogP contribution is 2.17. The van der Waals surface area contributed by atoms with E-state index in [9.17, 15) is 0 Å². The standard InChI is InChI=1S/C13H20N2O.ClH/c1-2-16-13-5-3-4-11(8-13)9-15-7-6-12(14)10-15;/h3-5,8,12H,2,6-7,9-10,14H2,1H3;1H. The normalized spacial score (nSPS) is 20.0. The van der Waals surface area contributed by atoms with Crippen LogP contribution in [0.15, 0.2) is 24.3 Å². The van der Waals surface area contributed by atoms with Crippen molar-refractivity contribution in [1.82, 2.24) is 4.90 Å². The van der Waals surface area contributed by atoms with Gasteiger partial charge in [-0.2, -0.15) is 0 Å². The van der Waals surface area contributed by atoms with Crippen LogP contribution in [0.4, 0.5) is 0 Å². The minimum absolute atomic E-state index is 0. The highest BCUT2D eigenvalue weighted by Gasteiger charge is 2.18. The van der Waals surface area contributed by atoms with E-state index < -0.39 is 0 Å². The lowest BCUT2D eigenvalue weighted by atomic mass is 10.2. The van der Waals surface area contributed by atoms with Crippen LogP contribution in [0.2, 0.25) is 0 Å². The van der Waals surface area contributed by atoms with Crippen molar-refractivity contribution in [2.45, 2.75) is 25.9 Å². The van der Waals surface area contributed by atoms with Crippen molar-refractivity contribution in [3.05, 3.63) is 29.8 Å². The number of hydrogen-bond acceptors (Lipinski definition) is 3. The molecule has 0 spiro atoms. The van der Waals surface area contributed by atoms with Crippen molar-refractivity contribution in [2.75, 3.05) is 19.7 Å². The first kappa shape index (κ1) is 14.3. The minimum Gasteiger partial charge on any atom is -0.494 e. The summed E-state index contributed by atoms with van der Waals surface area (Å²) >= 11 is 0. The molecule has 1 aliphatic rings. The zero-order chi connectivity index (χ0) is 11.4. The third-order valence-corrected chi connectivity index (χ3v) is 2.92. The Morgan fingerprint density at radius 3 is 2.94 bits per heavy atom. The smallest absolute Gasteiger partial charge is 0.119 e. The number of benzene rings is 1. The Morgan fingerprint density at radius 1 is 1.47 bits per heavy atom. The van der Waals surface area contributed by atoms with Crippen molar-refractivity contribution >= 4 is 12.4 Å². The van der Waals surface area contributed by atoms with E-state index in [-0.39, 0.29) is 12.4 Å². The van der Waals surface area contributed by atoms with Crippen LogP contribution in [0, 0.1) is 0 Å². The first-order valence-electron chi connectivity index (χ1n) is 5.97. The van der Waals surface area contributed by atoms with Crippen molar-refractivity contribution in [2.24, 2.45) is 5.73 Å². The fraction of sp³-hybridized carbons (Fsp3) is 0.538. The van der Waals surface area contributed by atoms with Gasteiger partial charge < -0.3 is 10.5 Å². The summed E-state index contributed by atoms with van der Waals surface area (Å²) in [6.45, 7) is 5.83. The summed E-state index contributed by atoms with van der Waals surface area (Å²) < 4.78 is 5.49. The fourth-order valence-corrected chi connectivity index (χ4v) is 2.16. The largest absolute Gasteiger partial charge is 0.494 e. The Hall–Kier alpha value is -0.770. The molecule has 1 unspecified atom stereocenters. The van der Waals surface area contributed by atoms with E-state index in [1.54, 1.807) is 0 Å². The minimum atomic E-state index is 0. The number of nitrogens with two attached hydrogens (primary N) is 1. The molecule has 1 atom stereocenters. The molecule has 1 aromatic rings. The molecule has 1 fully saturated rings. The predicted molar refractivity (Wildman–Crippen MR) is 72.7 cm³/mol. The van der Waals surface area contributed by atoms with Gasteiger partial charge in [-0.25, -0.2) is 0 Å². The molecule has 2 rings (SSSR count). The molecule has 0 radical (unpaired) electrons. The van der Waals surface area contributed by atoms with E-state index in [0.717, 1.165) is 38.4 Å². The summed E-state index contributed by atoms with van der Waals surface area (Å²) in [6, 6.07) is 8.67. The zero-order valence-electron chi connectivity index (χ0n) is 10.3. The van der Waals surface area contributed by atoms with Gasteiger partial charge in [-0.05, 0) is 31.0 Å². The summed E-state index contributed by atoms with van der Waals surface area (Å²) in [5.74, 6) is 0.962. The molecule has 2 N–H and O–H groups in total. The van der Waals surface area contributed by atoms with Crippen molar-refractivity contribution in [3.8, 4) is 5.75 Å². The summed E-state index contributed by atoms with van der Waals surface area (Å²) in [5, 5.41) is 0. The van der Waals surface area contributed by atoms with Gasteiger partial charge >= 0.3 is 0 Å². The van der Waals surface area contributed by atoms with E-state index in [1.165, 1.54) is 5.56 Å².